The number of aliphatic hydroxyl groups is 1. The van der Waals surface area contributed by atoms with E-state index in [1.54, 1.807) is 0 Å². The second-order valence-corrected chi connectivity index (χ2v) is 4.00. The van der Waals surface area contributed by atoms with Crippen LogP contribution >= 0.6 is 0 Å². The molecular weight excluding hydrogens is 226 g/mol. The smallest absolute Gasteiger partial charge is 0.266 e. The first-order chi connectivity index (χ1) is 7.86. The molecule has 1 atom stereocenters. The molecule has 1 fully saturated rings. The molecule has 0 aromatic heterocycles. The van der Waals surface area contributed by atoms with Crippen LogP contribution in [0.3, 0.4) is 0 Å². The highest BCUT2D eigenvalue weighted by Gasteiger charge is 2.50. The van der Waals surface area contributed by atoms with Crippen molar-refractivity contribution in [1.29, 1.82) is 0 Å². The zero-order valence-corrected chi connectivity index (χ0v) is 9.04. The minimum Gasteiger partial charge on any atom is -0.504 e. The Morgan fingerprint density at radius 3 is 2.35 bits per heavy atom. The van der Waals surface area contributed by atoms with E-state index >= 15 is 0 Å². The second-order valence-electron chi connectivity index (χ2n) is 4.00. The number of carbonyl (C=O) groups is 2. The summed E-state index contributed by atoms with van der Waals surface area (Å²) in [4.78, 5) is 23.9. The summed E-state index contributed by atoms with van der Waals surface area (Å²) >= 11 is 0. The summed E-state index contributed by atoms with van der Waals surface area (Å²) < 4.78 is 0. The highest BCUT2D eigenvalue weighted by Crippen LogP contribution is 2.37. The summed E-state index contributed by atoms with van der Waals surface area (Å²) in [6.45, 7) is 0. The average Bonchev–Trinajstić information content (AvgIpc) is 2.48. The summed E-state index contributed by atoms with van der Waals surface area (Å²) in [5.41, 5.74) is -1.88. The summed E-state index contributed by atoms with van der Waals surface area (Å²) in [7, 11) is 1.28. The molecule has 1 saturated heterocycles. The SMILES string of the molecule is CN1C(=O)CC(O)(c2ccc(O)c(O)c2)C1=O. The molecular formula is C11H11NO5. The Labute approximate surface area is 96.7 Å². The average molecular weight is 237 g/mol. The van der Waals surface area contributed by atoms with E-state index in [0.717, 1.165) is 17.0 Å². The van der Waals surface area contributed by atoms with Gasteiger partial charge in [0.25, 0.3) is 5.91 Å². The van der Waals surface area contributed by atoms with Crippen molar-refractivity contribution in [1.82, 2.24) is 4.90 Å². The monoisotopic (exact) mass is 237 g/mol. The third-order valence-corrected chi connectivity index (χ3v) is 2.89. The maximum absolute atomic E-state index is 11.7. The number of phenols is 2. The lowest BCUT2D eigenvalue weighted by Gasteiger charge is -2.20. The van der Waals surface area contributed by atoms with Gasteiger partial charge < -0.3 is 15.3 Å². The second kappa shape index (κ2) is 3.46. The van der Waals surface area contributed by atoms with Crippen LogP contribution in [0.5, 0.6) is 11.5 Å². The molecule has 1 aliphatic heterocycles. The molecule has 1 aromatic rings. The summed E-state index contributed by atoms with van der Waals surface area (Å²) in [6.07, 6.45) is -0.369. The molecule has 0 aliphatic carbocycles. The molecule has 0 spiro atoms. The number of nitrogens with zero attached hydrogens (tertiary/aromatic N) is 1. The fourth-order valence-corrected chi connectivity index (χ4v) is 1.81. The van der Waals surface area contributed by atoms with Crippen molar-refractivity contribution >= 4 is 11.8 Å². The number of likely N-dealkylation sites (tertiary alicyclic amines) is 1. The van der Waals surface area contributed by atoms with Crippen molar-refractivity contribution in [3.05, 3.63) is 23.8 Å². The summed E-state index contributed by atoms with van der Waals surface area (Å²) in [5.74, 6) is -2.05. The van der Waals surface area contributed by atoms with Gasteiger partial charge in [-0.2, -0.15) is 0 Å². The topological polar surface area (TPSA) is 98.1 Å². The lowest BCUT2D eigenvalue weighted by Crippen LogP contribution is -2.36. The van der Waals surface area contributed by atoms with Crippen molar-refractivity contribution < 1.29 is 24.9 Å². The van der Waals surface area contributed by atoms with Crippen LogP contribution in [-0.2, 0) is 15.2 Å². The number of rotatable bonds is 1. The first-order valence-electron chi connectivity index (χ1n) is 4.92. The maximum atomic E-state index is 11.7. The summed E-state index contributed by atoms with van der Waals surface area (Å²) in [6, 6.07) is 3.51. The Morgan fingerprint density at radius 2 is 1.88 bits per heavy atom. The van der Waals surface area contributed by atoms with Crippen LogP contribution in [0.25, 0.3) is 0 Å². The quantitative estimate of drug-likeness (QED) is 0.459. The number of carbonyl (C=O) groups excluding carboxylic acids is 2. The number of imide groups is 1. The first-order valence-corrected chi connectivity index (χ1v) is 4.92. The van der Waals surface area contributed by atoms with Crippen LogP contribution in [0.4, 0.5) is 0 Å². The first kappa shape index (κ1) is 11.4. The van der Waals surface area contributed by atoms with Crippen LogP contribution in [0, 0.1) is 0 Å². The van der Waals surface area contributed by atoms with E-state index in [0.29, 0.717) is 0 Å². The van der Waals surface area contributed by atoms with Gasteiger partial charge in [0, 0.05) is 7.05 Å². The predicted molar refractivity (Wildman–Crippen MR) is 56.1 cm³/mol. The Morgan fingerprint density at radius 1 is 1.24 bits per heavy atom. The van der Waals surface area contributed by atoms with Crippen molar-refractivity contribution in [3.8, 4) is 11.5 Å². The molecule has 0 radical (unpaired) electrons. The Hall–Kier alpha value is -2.08. The van der Waals surface area contributed by atoms with Gasteiger partial charge in [-0.3, -0.25) is 14.5 Å². The molecule has 2 rings (SSSR count). The van der Waals surface area contributed by atoms with Gasteiger partial charge >= 0.3 is 0 Å². The van der Waals surface area contributed by atoms with Crippen LogP contribution in [0.2, 0.25) is 0 Å². The van der Waals surface area contributed by atoms with Gasteiger partial charge in [-0.25, -0.2) is 0 Å². The van der Waals surface area contributed by atoms with Crippen LogP contribution < -0.4 is 0 Å². The van der Waals surface area contributed by atoms with Crippen molar-refractivity contribution in [3.63, 3.8) is 0 Å². The molecule has 17 heavy (non-hydrogen) atoms. The van der Waals surface area contributed by atoms with Crippen LogP contribution in [0.1, 0.15) is 12.0 Å². The molecule has 6 heteroatoms. The lowest BCUT2D eigenvalue weighted by molar-refractivity contribution is -0.144. The Balaban J connectivity index is 2.49. The third kappa shape index (κ3) is 1.53. The van der Waals surface area contributed by atoms with Gasteiger partial charge in [-0.1, -0.05) is 6.07 Å². The molecule has 0 bridgehead atoms. The molecule has 1 unspecified atom stereocenters. The van der Waals surface area contributed by atoms with Crippen LogP contribution in [0.15, 0.2) is 18.2 Å². The van der Waals surface area contributed by atoms with E-state index in [1.807, 2.05) is 0 Å². The van der Waals surface area contributed by atoms with Crippen molar-refractivity contribution in [2.75, 3.05) is 7.05 Å². The van der Waals surface area contributed by atoms with E-state index < -0.39 is 23.2 Å². The molecule has 6 nitrogen and oxygen atoms in total. The number of hydrogen-bond acceptors (Lipinski definition) is 5. The Bertz CT molecular complexity index is 513. The zero-order chi connectivity index (χ0) is 12.8. The van der Waals surface area contributed by atoms with Crippen LogP contribution in [-0.4, -0.2) is 39.1 Å². The third-order valence-electron chi connectivity index (χ3n) is 2.89. The summed E-state index contributed by atoms with van der Waals surface area (Å²) in [5, 5.41) is 28.7. The van der Waals surface area contributed by atoms with E-state index in [9.17, 15) is 19.8 Å². The van der Waals surface area contributed by atoms with Gasteiger partial charge in [-0.15, -0.1) is 0 Å². The zero-order valence-electron chi connectivity index (χ0n) is 9.04. The molecule has 3 N–H and O–H groups in total. The van der Waals surface area contributed by atoms with Crippen molar-refractivity contribution in [2.24, 2.45) is 0 Å². The van der Waals surface area contributed by atoms with Crippen molar-refractivity contribution in [2.45, 2.75) is 12.0 Å². The minimum absolute atomic E-state index is 0.0792. The maximum Gasteiger partial charge on any atom is 0.266 e. The predicted octanol–water partition coefficient (Wildman–Crippen LogP) is -0.326. The Kier molecular flexibility index (Phi) is 2.32. The standard InChI is InChI=1S/C11H11NO5/c1-12-9(15)5-11(17,10(12)16)6-2-3-7(13)8(14)4-6/h2-4,13-14,17H,5H2,1H3. The molecule has 2 amide bonds. The fourth-order valence-electron chi connectivity index (χ4n) is 1.81. The van der Waals surface area contributed by atoms with E-state index in [2.05, 4.69) is 0 Å². The number of likely N-dealkylation sites (N-methyl/N-ethyl adjacent to an activating group) is 1. The molecule has 1 aromatic carbocycles. The highest BCUT2D eigenvalue weighted by molar-refractivity contribution is 6.07. The molecule has 0 saturated carbocycles. The van der Waals surface area contributed by atoms with E-state index in [-0.39, 0.29) is 17.7 Å². The molecule has 90 valence electrons. The van der Waals surface area contributed by atoms with E-state index in [1.165, 1.54) is 13.1 Å². The number of phenolic OH excluding ortho intramolecular Hbond substituents is 2. The normalized spacial score (nSPS) is 24.5. The van der Waals surface area contributed by atoms with Gasteiger partial charge in [0.05, 0.1) is 6.42 Å². The fraction of sp³-hybridized carbons (Fsp3) is 0.273. The number of aromatic hydroxyl groups is 2. The van der Waals surface area contributed by atoms with Gasteiger partial charge in [0.2, 0.25) is 5.91 Å². The highest BCUT2D eigenvalue weighted by atomic mass is 16.3. The number of hydrogen-bond donors (Lipinski definition) is 3. The largest absolute Gasteiger partial charge is 0.504 e. The molecule has 1 heterocycles. The minimum atomic E-state index is -1.96. The number of amides is 2. The lowest BCUT2D eigenvalue weighted by atomic mass is 9.92. The van der Waals surface area contributed by atoms with E-state index in [4.69, 9.17) is 5.11 Å². The van der Waals surface area contributed by atoms with Gasteiger partial charge in [0.1, 0.15) is 0 Å². The van der Waals surface area contributed by atoms with Gasteiger partial charge in [0.15, 0.2) is 17.1 Å². The number of benzene rings is 1. The molecule has 1 aliphatic rings. The van der Waals surface area contributed by atoms with Gasteiger partial charge in [-0.05, 0) is 17.7 Å².